The predicted molar refractivity (Wildman–Crippen MR) is 57.2 cm³/mol. The summed E-state index contributed by atoms with van der Waals surface area (Å²) in [6.45, 7) is 10.6. The lowest BCUT2D eigenvalue weighted by molar-refractivity contribution is -0.156. The second-order valence-corrected chi connectivity index (χ2v) is 6.72. The fraction of sp³-hybridized carbons (Fsp3) is 0.917. The number of rotatable bonds is 1. The molecule has 0 saturated heterocycles. The molecule has 0 unspecified atom stereocenters. The number of carboxylic acids is 1. The van der Waals surface area contributed by atoms with Gasteiger partial charge in [0.25, 0.3) is 0 Å². The third kappa shape index (κ3) is 2.28. The Hall–Kier alpha value is -0.530. The van der Waals surface area contributed by atoms with E-state index in [2.05, 4.69) is 27.7 Å². The van der Waals surface area contributed by atoms with Gasteiger partial charge in [-0.15, -0.1) is 0 Å². The summed E-state index contributed by atoms with van der Waals surface area (Å²) in [4.78, 5) is 11.3. The maximum absolute atomic E-state index is 11.3. The fourth-order valence-electron chi connectivity index (χ4n) is 3.75. The van der Waals surface area contributed by atoms with Crippen LogP contribution in [-0.2, 0) is 4.79 Å². The van der Waals surface area contributed by atoms with E-state index >= 15 is 0 Å². The lowest BCUT2D eigenvalue weighted by atomic mass is 9.56. The van der Waals surface area contributed by atoms with Crippen LogP contribution in [0.2, 0.25) is 0 Å². The van der Waals surface area contributed by atoms with Gasteiger partial charge in [-0.05, 0) is 37.0 Å². The molecule has 14 heavy (non-hydrogen) atoms. The Balaban J connectivity index is 2.97. The molecule has 0 heterocycles. The Labute approximate surface area is 86.7 Å². The first-order valence-electron chi connectivity index (χ1n) is 5.30. The van der Waals surface area contributed by atoms with Gasteiger partial charge in [-0.1, -0.05) is 27.7 Å². The number of hydrogen-bond acceptors (Lipinski definition) is 1. The normalized spacial score (nSPS) is 28.4. The fourth-order valence-corrected chi connectivity index (χ4v) is 3.75. The van der Waals surface area contributed by atoms with Gasteiger partial charge in [-0.25, -0.2) is 0 Å². The van der Waals surface area contributed by atoms with Gasteiger partial charge >= 0.3 is 5.97 Å². The van der Waals surface area contributed by atoms with E-state index in [0.29, 0.717) is 0 Å². The van der Waals surface area contributed by atoms with Gasteiger partial charge in [0.15, 0.2) is 0 Å². The Morgan fingerprint density at radius 3 is 1.57 bits per heavy atom. The highest BCUT2D eigenvalue weighted by molar-refractivity contribution is 5.74. The van der Waals surface area contributed by atoms with Crippen LogP contribution in [0.4, 0.5) is 0 Å². The van der Waals surface area contributed by atoms with Gasteiger partial charge in [0, 0.05) is 0 Å². The molecule has 2 nitrogen and oxygen atoms in total. The second-order valence-electron chi connectivity index (χ2n) is 6.72. The van der Waals surface area contributed by atoms with E-state index in [9.17, 15) is 9.90 Å². The van der Waals surface area contributed by atoms with Gasteiger partial charge in [0.05, 0.1) is 5.41 Å². The first kappa shape index (κ1) is 11.5. The summed E-state index contributed by atoms with van der Waals surface area (Å²) < 4.78 is 0. The highest BCUT2D eigenvalue weighted by Crippen LogP contribution is 2.53. The van der Waals surface area contributed by atoms with E-state index < -0.39 is 11.4 Å². The highest BCUT2D eigenvalue weighted by atomic mass is 16.4. The second kappa shape index (κ2) is 2.98. The van der Waals surface area contributed by atoms with Crippen LogP contribution in [0.15, 0.2) is 0 Å². The Morgan fingerprint density at radius 2 is 1.29 bits per heavy atom. The number of carboxylic acid groups (broad SMARTS) is 1. The third-order valence-electron chi connectivity index (χ3n) is 3.21. The quantitative estimate of drug-likeness (QED) is 0.701. The molecule has 1 saturated carbocycles. The van der Waals surface area contributed by atoms with Gasteiger partial charge in [0.2, 0.25) is 0 Å². The highest BCUT2D eigenvalue weighted by Gasteiger charge is 2.48. The van der Waals surface area contributed by atoms with Crippen LogP contribution in [0.5, 0.6) is 0 Å². The molecule has 0 aromatic carbocycles. The molecule has 1 aliphatic rings. The SMILES string of the molecule is CC1(C)CC(C)(C)CC(C)(C(=O)O)C1. The van der Waals surface area contributed by atoms with Crippen LogP contribution in [0.1, 0.15) is 53.9 Å². The average Bonchev–Trinajstić information content (AvgIpc) is 1.76. The first-order chi connectivity index (χ1) is 6.06. The lowest BCUT2D eigenvalue weighted by Crippen LogP contribution is -2.44. The van der Waals surface area contributed by atoms with Crippen molar-refractivity contribution in [3.63, 3.8) is 0 Å². The van der Waals surface area contributed by atoms with E-state index in [-0.39, 0.29) is 10.8 Å². The molecule has 0 aromatic rings. The van der Waals surface area contributed by atoms with Crippen molar-refractivity contribution in [2.45, 2.75) is 53.9 Å². The van der Waals surface area contributed by atoms with Crippen molar-refractivity contribution in [3.8, 4) is 0 Å². The van der Waals surface area contributed by atoms with E-state index in [1.807, 2.05) is 6.92 Å². The Kier molecular flexibility index (Phi) is 2.46. The zero-order valence-corrected chi connectivity index (χ0v) is 9.98. The number of carbonyl (C=O) groups is 1. The van der Waals surface area contributed by atoms with E-state index in [1.54, 1.807) is 0 Å². The third-order valence-corrected chi connectivity index (χ3v) is 3.21. The Bertz CT molecular complexity index is 235. The minimum atomic E-state index is -0.640. The molecule has 1 N–H and O–H groups in total. The summed E-state index contributed by atoms with van der Waals surface area (Å²) in [5.41, 5.74) is -0.241. The van der Waals surface area contributed by atoms with Crippen molar-refractivity contribution >= 4 is 5.97 Å². The molecule has 0 atom stereocenters. The average molecular weight is 198 g/mol. The lowest BCUT2D eigenvalue weighted by Gasteiger charge is -2.48. The molecule has 1 aliphatic carbocycles. The molecule has 0 aliphatic heterocycles. The number of hydrogen-bond donors (Lipinski definition) is 1. The van der Waals surface area contributed by atoms with Crippen molar-refractivity contribution in [2.75, 3.05) is 0 Å². The monoisotopic (exact) mass is 198 g/mol. The topological polar surface area (TPSA) is 37.3 Å². The van der Waals surface area contributed by atoms with E-state index in [4.69, 9.17) is 0 Å². The van der Waals surface area contributed by atoms with Crippen LogP contribution >= 0.6 is 0 Å². The molecule has 0 bridgehead atoms. The van der Waals surface area contributed by atoms with Crippen molar-refractivity contribution < 1.29 is 9.90 Å². The zero-order chi connectivity index (χ0) is 11.2. The van der Waals surface area contributed by atoms with Gasteiger partial charge < -0.3 is 5.11 Å². The molecule has 0 amide bonds. The van der Waals surface area contributed by atoms with Crippen LogP contribution < -0.4 is 0 Å². The number of aliphatic carboxylic acids is 1. The molecule has 1 fully saturated rings. The summed E-state index contributed by atoms with van der Waals surface area (Å²) in [5.74, 6) is -0.640. The summed E-state index contributed by atoms with van der Waals surface area (Å²) >= 11 is 0. The first-order valence-corrected chi connectivity index (χ1v) is 5.30. The maximum atomic E-state index is 11.3. The molecule has 0 radical (unpaired) electrons. The van der Waals surface area contributed by atoms with Crippen LogP contribution in [0, 0.1) is 16.2 Å². The minimum Gasteiger partial charge on any atom is -0.481 e. The standard InChI is InChI=1S/C12H22O2/c1-10(2)6-11(3,4)8-12(5,7-10)9(13)14/h6-8H2,1-5H3,(H,13,14). The summed E-state index contributed by atoms with van der Waals surface area (Å²) in [6.07, 6.45) is 2.69. The smallest absolute Gasteiger partial charge is 0.309 e. The molecule has 0 spiro atoms. The van der Waals surface area contributed by atoms with E-state index in [1.165, 1.54) is 0 Å². The zero-order valence-electron chi connectivity index (χ0n) is 9.98. The molecule has 82 valence electrons. The van der Waals surface area contributed by atoms with Crippen LogP contribution in [0.3, 0.4) is 0 Å². The van der Waals surface area contributed by atoms with Crippen LogP contribution in [0.25, 0.3) is 0 Å². The van der Waals surface area contributed by atoms with Crippen molar-refractivity contribution in [2.24, 2.45) is 16.2 Å². The molecular weight excluding hydrogens is 176 g/mol. The summed E-state index contributed by atoms with van der Waals surface area (Å²) in [5, 5.41) is 9.26. The van der Waals surface area contributed by atoms with Crippen molar-refractivity contribution in [3.05, 3.63) is 0 Å². The van der Waals surface area contributed by atoms with Gasteiger partial charge in [-0.3, -0.25) is 4.79 Å². The molecule has 1 rings (SSSR count). The Morgan fingerprint density at radius 1 is 0.929 bits per heavy atom. The van der Waals surface area contributed by atoms with Crippen LogP contribution in [-0.4, -0.2) is 11.1 Å². The maximum Gasteiger partial charge on any atom is 0.309 e. The molecular formula is C12H22O2. The summed E-state index contributed by atoms with van der Waals surface area (Å²) in [7, 11) is 0. The molecule has 2 heteroatoms. The van der Waals surface area contributed by atoms with Crippen molar-refractivity contribution in [1.29, 1.82) is 0 Å². The van der Waals surface area contributed by atoms with Gasteiger partial charge in [0.1, 0.15) is 0 Å². The predicted octanol–water partition coefficient (Wildman–Crippen LogP) is 3.31. The van der Waals surface area contributed by atoms with E-state index in [0.717, 1.165) is 19.3 Å². The largest absolute Gasteiger partial charge is 0.481 e. The van der Waals surface area contributed by atoms with Crippen molar-refractivity contribution in [1.82, 2.24) is 0 Å². The molecule has 0 aromatic heterocycles. The summed E-state index contributed by atoms with van der Waals surface area (Å²) in [6, 6.07) is 0. The van der Waals surface area contributed by atoms with Gasteiger partial charge in [-0.2, -0.15) is 0 Å². The minimum absolute atomic E-state index is 0.148.